The molecule has 0 saturated heterocycles. The van der Waals surface area contributed by atoms with Gasteiger partial charge >= 0.3 is 0 Å². The number of hydrogen-bond acceptors (Lipinski definition) is 3. The number of hydrogen-bond donors (Lipinski definition) is 1. The molecule has 12 heavy (non-hydrogen) atoms. The van der Waals surface area contributed by atoms with E-state index in [1.54, 1.807) is 12.1 Å². The third-order valence-corrected chi connectivity index (χ3v) is 2.33. The Bertz CT molecular complexity index is 440. The summed E-state index contributed by atoms with van der Waals surface area (Å²) >= 11 is 9.09. The normalized spacial score (nSPS) is 10.8. The monoisotopic (exact) mass is 246 g/mol. The molecule has 0 spiro atoms. The molecule has 1 heterocycles. The average Bonchev–Trinajstić information content (AvgIpc) is 2.33. The summed E-state index contributed by atoms with van der Waals surface area (Å²) in [5.41, 5.74) is 6.15. The Morgan fingerprint density at radius 3 is 3.00 bits per heavy atom. The number of nitrogens with two attached hydrogens (primary N) is 1. The van der Waals surface area contributed by atoms with Gasteiger partial charge in [0.15, 0.2) is 11.4 Å². The molecule has 0 aliphatic rings. The Kier molecular flexibility index (Phi) is 1.73. The minimum atomic E-state index is 0.355. The van der Waals surface area contributed by atoms with Crippen molar-refractivity contribution in [3.05, 3.63) is 21.6 Å². The van der Waals surface area contributed by atoms with E-state index in [0.717, 1.165) is 9.86 Å². The molecule has 2 N–H and O–H groups in total. The zero-order valence-electron chi connectivity index (χ0n) is 5.84. The molecule has 3 nitrogen and oxygen atoms in total. The number of halogens is 2. The van der Waals surface area contributed by atoms with E-state index in [0.29, 0.717) is 16.4 Å². The Balaban J connectivity index is 2.92. The molecule has 0 unspecified atom stereocenters. The second-order valence-electron chi connectivity index (χ2n) is 2.33. The number of fused-ring (bicyclic) bond motifs is 1. The van der Waals surface area contributed by atoms with Crippen LogP contribution in [0.3, 0.4) is 0 Å². The first-order valence-electron chi connectivity index (χ1n) is 3.18. The van der Waals surface area contributed by atoms with Gasteiger partial charge in [0.25, 0.3) is 0 Å². The van der Waals surface area contributed by atoms with Crippen LogP contribution >= 0.6 is 27.5 Å². The van der Waals surface area contributed by atoms with Crippen molar-refractivity contribution < 1.29 is 4.52 Å². The fourth-order valence-corrected chi connectivity index (χ4v) is 1.87. The molecule has 0 amide bonds. The predicted molar refractivity (Wildman–Crippen MR) is 51.1 cm³/mol. The minimum absolute atomic E-state index is 0.355. The van der Waals surface area contributed by atoms with Crippen molar-refractivity contribution in [3.8, 4) is 0 Å². The predicted octanol–water partition coefficient (Wildman–Crippen LogP) is 2.83. The van der Waals surface area contributed by atoms with Gasteiger partial charge in [-0.05, 0) is 28.1 Å². The smallest absolute Gasteiger partial charge is 0.183 e. The first kappa shape index (κ1) is 7.89. The van der Waals surface area contributed by atoms with Gasteiger partial charge in [0.2, 0.25) is 0 Å². The highest BCUT2D eigenvalue weighted by Gasteiger charge is 2.08. The van der Waals surface area contributed by atoms with Crippen LogP contribution in [0.5, 0.6) is 0 Å². The molecule has 2 aromatic rings. The second kappa shape index (κ2) is 2.64. The van der Waals surface area contributed by atoms with Crippen LogP contribution in [-0.2, 0) is 0 Å². The molecule has 0 aliphatic heterocycles. The number of aromatic nitrogens is 1. The third kappa shape index (κ3) is 1.07. The summed E-state index contributed by atoms with van der Waals surface area (Å²) in [4.78, 5) is 0. The summed E-state index contributed by atoms with van der Waals surface area (Å²) in [5, 5.41) is 4.94. The summed E-state index contributed by atoms with van der Waals surface area (Å²) in [6, 6.07) is 3.45. The molecule has 2 rings (SSSR count). The number of nitrogen functional groups attached to an aromatic ring is 1. The van der Waals surface area contributed by atoms with Crippen LogP contribution in [0.4, 0.5) is 5.82 Å². The summed E-state index contributed by atoms with van der Waals surface area (Å²) in [5.74, 6) is 0.355. The molecule has 0 aliphatic carbocycles. The molecule has 0 fully saturated rings. The molecule has 1 aromatic carbocycles. The lowest BCUT2D eigenvalue weighted by Gasteiger charge is -1.92. The van der Waals surface area contributed by atoms with Crippen LogP contribution in [0.15, 0.2) is 21.1 Å². The highest BCUT2D eigenvalue weighted by Crippen LogP contribution is 2.30. The SMILES string of the molecule is Nc1noc2c(Br)cc(Cl)cc12. The van der Waals surface area contributed by atoms with E-state index >= 15 is 0 Å². The Labute approximate surface area is 81.6 Å². The van der Waals surface area contributed by atoms with Crippen LogP contribution < -0.4 is 5.73 Å². The van der Waals surface area contributed by atoms with E-state index < -0.39 is 0 Å². The Morgan fingerprint density at radius 1 is 1.50 bits per heavy atom. The van der Waals surface area contributed by atoms with E-state index in [1.165, 1.54) is 0 Å². The molecule has 0 bridgehead atoms. The van der Waals surface area contributed by atoms with Crippen molar-refractivity contribution in [2.45, 2.75) is 0 Å². The number of nitrogens with zero attached hydrogens (tertiary/aromatic N) is 1. The second-order valence-corrected chi connectivity index (χ2v) is 3.62. The standard InChI is InChI=1S/C7H4BrClN2O/c8-5-2-3(9)1-4-6(5)12-11-7(4)10/h1-2H,(H2,10,11). The van der Waals surface area contributed by atoms with E-state index in [-0.39, 0.29) is 0 Å². The van der Waals surface area contributed by atoms with Crippen molar-refractivity contribution in [1.82, 2.24) is 5.16 Å². The van der Waals surface area contributed by atoms with Crippen molar-refractivity contribution in [2.75, 3.05) is 5.73 Å². The molecule has 62 valence electrons. The minimum Gasteiger partial charge on any atom is -0.380 e. The average molecular weight is 247 g/mol. The maximum atomic E-state index is 5.80. The van der Waals surface area contributed by atoms with Crippen molar-refractivity contribution in [1.29, 1.82) is 0 Å². The lowest BCUT2D eigenvalue weighted by molar-refractivity contribution is 0.459. The van der Waals surface area contributed by atoms with E-state index in [1.807, 2.05) is 0 Å². The maximum Gasteiger partial charge on any atom is 0.183 e. The van der Waals surface area contributed by atoms with Crippen molar-refractivity contribution in [2.24, 2.45) is 0 Å². The summed E-state index contributed by atoms with van der Waals surface area (Å²) < 4.78 is 5.71. The Hall–Kier alpha value is -0.740. The van der Waals surface area contributed by atoms with Gasteiger partial charge in [0.05, 0.1) is 9.86 Å². The van der Waals surface area contributed by atoms with Gasteiger partial charge < -0.3 is 10.3 Å². The summed E-state index contributed by atoms with van der Waals surface area (Å²) in [6.45, 7) is 0. The molecule has 0 saturated carbocycles. The van der Waals surface area contributed by atoms with E-state index in [4.69, 9.17) is 21.9 Å². The van der Waals surface area contributed by atoms with E-state index in [2.05, 4.69) is 21.1 Å². The van der Waals surface area contributed by atoms with Gasteiger partial charge in [0, 0.05) is 5.02 Å². The molecule has 0 atom stereocenters. The van der Waals surface area contributed by atoms with Gasteiger partial charge in [-0.2, -0.15) is 0 Å². The highest BCUT2D eigenvalue weighted by molar-refractivity contribution is 9.10. The molecular formula is C7H4BrClN2O. The fraction of sp³-hybridized carbons (Fsp3) is 0. The lowest BCUT2D eigenvalue weighted by atomic mass is 10.2. The topological polar surface area (TPSA) is 52.0 Å². The van der Waals surface area contributed by atoms with Gasteiger partial charge in [0.1, 0.15) is 0 Å². The quantitative estimate of drug-likeness (QED) is 0.779. The van der Waals surface area contributed by atoms with Gasteiger partial charge in [-0.3, -0.25) is 0 Å². The molecule has 0 radical (unpaired) electrons. The third-order valence-electron chi connectivity index (χ3n) is 1.52. The van der Waals surface area contributed by atoms with E-state index in [9.17, 15) is 0 Å². The van der Waals surface area contributed by atoms with Crippen molar-refractivity contribution >= 4 is 44.3 Å². The van der Waals surface area contributed by atoms with Crippen LogP contribution in [0.1, 0.15) is 0 Å². The summed E-state index contributed by atoms with van der Waals surface area (Å²) in [6.07, 6.45) is 0. The molecule has 5 heteroatoms. The number of anilines is 1. The number of rotatable bonds is 0. The molecule has 1 aromatic heterocycles. The Morgan fingerprint density at radius 2 is 2.25 bits per heavy atom. The van der Waals surface area contributed by atoms with Crippen LogP contribution in [-0.4, -0.2) is 5.16 Å². The van der Waals surface area contributed by atoms with Crippen LogP contribution in [0.25, 0.3) is 11.0 Å². The number of benzene rings is 1. The van der Waals surface area contributed by atoms with Crippen molar-refractivity contribution in [3.63, 3.8) is 0 Å². The van der Waals surface area contributed by atoms with Crippen LogP contribution in [0, 0.1) is 0 Å². The first-order valence-corrected chi connectivity index (χ1v) is 4.35. The highest BCUT2D eigenvalue weighted by atomic mass is 79.9. The fourth-order valence-electron chi connectivity index (χ4n) is 0.987. The zero-order chi connectivity index (χ0) is 8.72. The largest absolute Gasteiger partial charge is 0.380 e. The van der Waals surface area contributed by atoms with Gasteiger partial charge in [-0.1, -0.05) is 16.8 Å². The zero-order valence-corrected chi connectivity index (χ0v) is 8.19. The maximum absolute atomic E-state index is 5.80. The van der Waals surface area contributed by atoms with Crippen LogP contribution in [0.2, 0.25) is 5.02 Å². The first-order chi connectivity index (χ1) is 5.68. The van der Waals surface area contributed by atoms with Gasteiger partial charge in [-0.15, -0.1) is 0 Å². The van der Waals surface area contributed by atoms with Gasteiger partial charge in [-0.25, -0.2) is 0 Å². The summed E-state index contributed by atoms with van der Waals surface area (Å²) in [7, 11) is 0. The molecular weight excluding hydrogens is 243 g/mol. The lowest BCUT2D eigenvalue weighted by Crippen LogP contribution is -1.83.